The third-order valence-electron chi connectivity index (χ3n) is 3.38. The van der Waals surface area contributed by atoms with Crippen molar-refractivity contribution in [1.29, 1.82) is 0 Å². The molecule has 0 aliphatic heterocycles. The molecule has 24 heavy (non-hydrogen) atoms. The van der Waals surface area contributed by atoms with E-state index in [4.69, 9.17) is 4.52 Å². The average molecular weight is 350 g/mol. The van der Waals surface area contributed by atoms with E-state index in [0.717, 1.165) is 4.88 Å². The lowest BCUT2D eigenvalue weighted by Gasteiger charge is -2.18. The van der Waals surface area contributed by atoms with Gasteiger partial charge in [-0.15, -0.1) is 11.3 Å². The Hall–Kier alpha value is -2.22. The minimum Gasteiger partial charge on any atom is -0.357 e. The molecule has 0 aromatic carbocycles. The number of nitrogens with one attached hydrogen (secondary N) is 2. The second-order valence-electron chi connectivity index (χ2n) is 5.85. The maximum absolute atomic E-state index is 12.1. The number of amides is 2. The third-order valence-corrected chi connectivity index (χ3v) is 4.25. The molecule has 2 heterocycles. The molecule has 0 saturated carbocycles. The normalized spacial score (nSPS) is 12.2. The molecule has 2 aromatic rings. The van der Waals surface area contributed by atoms with Gasteiger partial charge in [0.25, 0.3) is 0 Å². The molecule has 0 radical (unpaired) electrons. The van der Waals surface area contributed by atoms with E-state index < -0.39 is 6.04 Å². The van der Waals surface area contributed by atoms with Gasteiger partial charge in [-0.25, -0.2) is 0 Å². The number of aromatic nitrogens is 2. The lowest BCUT2D eigenvalue weighted by molar-refractivity contribution is -0.129. The van der Waals surface area contributed by atoms with Crippen LogP contribution in [-0.2, 0) is 16.0 Å². The van der Waals surface area contributed by atoms with Crippen molar-refractivity contribution in [2.75, 3.05) is 7.05 Å². The molecule has 8 heteroatoms. The zero-order valence-electron chi connectivity index (χ0n) is 14.0. The monoisotopic (exact) mass is 350 g/mol. The van der Waals surface area contributed by atoms with Crippen molar-refractivity contribution in [3.8, 4) is 10.7 Å². The highest BCUT2D eigenvalue weighted by Crippen LogP contribution is 2.21. The molecule has 7 nitrogen and oxygen atoms in total. The largest absolute Gasteiger partial charge is 0.357 e. The lowest BCUT2D eigenvalue weighted by Crippen LogP contribution is -2.46. The number of rotatable bonds is 8. The molecule has 0 saturated heterocycles. The number of carbonyl (C=O) groups is 2. The van der Waals surface area contributed by atoms with Gasteiger partial charge in [-0.1, -0.05) is 25.1 Å². The second-order valence-corrected chi connectivity index (χ2v) is 6.80. The van der Waals surface area contributed by atoms with Crippen LogP contribution in [0, 0.1) is 5.92 Å². The fourth-order valence-electron chi connectivity index (χ4n) is 2.23. The zero-order valence-corrected chi connectivity index (χ0v) is 14.9. The number of aryl methyl sites for hydroxylation is 1. The van der Waals surface area contributed by atoms with Crippen LogP contribution in [0.25, 0.3) is 10.7 Å². The van der Waals surface area contributed by atoms with E-state index >= 15 is 0 Å². The Balaban J connectivity index is 1.87. The van der Waals surface area contributed by atoms with Gasteiger partial charge in [-0.3, -0.25) is 9.59 Å². The van der Waals surface area contributed by atoms with Crippen molar-refractivity contribution in [3.05, 3.63) is 23.4 Å². The number of hydrogen-bond acceptors (Lipinski definition) is 6. The molecular weight excluding hydrogens is 328 g/mol. The molecule has 2 amide bonds. The van der Waals surface area contributed by atoms with Gasteiger partial charge in [-0.05, 0) is 23.8 Å². The summed E-state index contributed by atoms with van der Waals surface area (Å²) in [6.45, 7) is 4.01. The van der Waals surface area contributed by atoms with Crippen LogP contribution in [0.3, 0.4) is 0 Å². The van der Waals surface area contributed by atoms with Crippen LogP contribution in [0.2, 0.25) is 0 Å². The van der Waals surface area contributed by atoms with Crippen molar-refractivity contribution >= 4 is 23.2 Å². The van der Waals surface area contributed by atoms with Gasteiger partial charge in [0.1, 0.15) is 6.04 Å². The van der Waals surface area contributed by atoms with E-state index in [1.165, 1.54) is 11.3 Å². The minimum absolute atomic E-state index is 0.185. The zero-order chi connectivity index (χ0) is 17.5. The van der Waals surface area contributed by atoms with Gasteiger partial charge >= 0.3 is 0 Å². The van der Waals surface area contributed by atoms with Crippen LogP contribution < -0.4 is 10.6 Å². The van der Waals surface area contributed by atoms with Crippen molar-refractivity contribution in [1.82, 2.24) is 20.8 Å². The molecule has 2 rings (SSSR count). The van der Waals surface area contributed by atoms with Crippen molar-refractivity contribution in [2.24, 2.45) is 5.92 Å². The van der Waals surface area contributed by atoms with E-state index in [1.54, 1.807) is 7.05 Å². The van der Waals surface area contributed by atoms with Crippen LogP contribution in [0.1, 0.15) is 32.6 Å². The Kier molecular flexibility index (Phi) is 6.48. The molecule has 0 fully saturated rings. The first kappa shape index (κ1) is 18.1. The standard InChI is InChI=1S/C16H22N4O3S/c1-10(2)9-11(16(22)17-3)18-13(21)6-7-14-19-15(20-23-14)12-5-4-8-24-12/h4-5,8,10-11H,6-7,9H2,1-3H3,(H,17,22)(H,18,21). The number of nitrogens with zero attached hydrogens (tertiary/aromatic N) is 2. The van der Waals surface area contributed by atoms with Gasteiger partial charge < -0.3 is 15.2 Å². The van der Waals surface area contributed by atoms with Gasteiger partial charge in [0.15, 0.2) is 0 Å². The summed E-state index contributed by atoms with van der Waals surface area (Å²) in [4.78, 5) is 29.1. The topological polar surface area (TPSA) is 97.1 Å². The minimum atomic E-state index is -0.521. The predicted octanol–water partition coefficient (Wildman–Crippen LogP) is 2.01. The quantitative estimate of drug-likeness (QED) is 0.759. The molecule has 0 bridgehead atoms. The molecule has 130 valence electrons. The maximum atomic E-state index is 12.1. The second kappa shape index (κ2) is 8.58. The summed E-state index contributed by atoms with van der Waals surface area (Å²) in [6, 6.07) is 3.30. The van der Waals surface area contributed by atoms with E-state index in [9.17, 15) is 9.59 Å². The highest BCUT2D eigenvalue weighted by Gasteiger charge is 2.21. The van der Waals surface area contributed by atoms with Crippen LogP contribution >= 0.6 is 11.3 Å². The van der Waals surface area contributed by atoms with Gasteiger partial charge in [-0.2, -0.15) is 4.98 Å². The molecule has 2 aromatic heterocycles. The van der Waals surface area contributed by atoms with Gasteiger partial charge in [0.2, 0.25) is 23.5 Å². The highest BCUT2D eigenvalue weighted by atomic mass is 32.1. The summed E-state index contributed by atoms with van der Waals surface area (Å²) in [5.41, 5.74) is 0. The summed E-state index contributed by atoms with van der Waals surface area (Å²) in [5, 5.41) is 11.2. The lowest BCUT2D eigenvalue weighted by atomic mass is 10.0. The van der Waals surface area contributed by atoms with Gasteiger partial charge in [0.05, 0.1) is 4.88 Å². The van der Waals surface area contributed by atoms with E-state index in [2.05, 4.69) is 20.8 Å². The first-order valence-electron chi connectivity index (χ1n) is 7.87. The Morgan fingerprint density at radius 1 is 1.38 bits per heavy atom. The molecule has 0 spiro atoms. The number of hydrogen-bond donors (Lipinski definition) is 2. The smallest absolute Gasteiger partial charge is 0.242 e. The van der Waals surface area contributed by atoms with Crippen LogP contribution in [-0.4, -0.2) is 35.0 Å². The summed E-state index contributed by atoms with van der Waals surface area (Å²) in [7, 11) is 1.56. The molecular formula is C16H22N4O3S. The Morgan fingerprint density at radius 3 is 2.79 bits per heavy atom. The van der Waals surface area contributed by atoms with Crippen LogP contribution in [0.5, 0.6) is 0 Å². The molecule has 1 unspecified atom stereocenters. The maximum Gasteiger partial charge on any atom is 0.242 e. The predicted molar refractivity (Wildman–Crippen MR) is 91.4 cm³/mol. The summed E-state index contributed by atoms with van der Waals surface area (Å²) in [5.74, 6) is 0.851. The number of likely N-dealkylation sites (N-methyl/N-ethyl adjacent to an activating group) is 1. The fourth-order valence-corrected chi connectivity index (χ4v) is 2.88. The number of carbonyl (C=O) groups excluding carboxylic acids is 2. The van der Waals surface area contributed by atoms with E-state index in [0.29, 0.717) is 30.5 Å². The Morgan fingerprint density at radius 2 is 2.17 bits per heavy atom. The van der Waals surface area contributed by atoms with Crippen molar-refractivity contribution in [2.45, 2.75) is 39.2 Å². The third kappa shape index (κ3) is 5.16. The molecule has 0 aliphatic rings. The van der Waals surface area contributed by atoms with Crippen LogP contribution in [0.15, 0.2) is 22.0 Å². The van der Waals surface area contributed by atoms with Crippen molar-refractivity contribution in [3.63, 3.8) is 0 Å². The Bertz CT molecular complexity index is 667. The van der Waals surface area contributed by atoms with Crippen LogP contribution in [0.4, 0.5) is 0 Å². The molecule has 1 atom stereocenters. The molecule has 2 N–H and O–H groups in total. The first-order chi connectivity index (χ1) is 11.5. The number of thiophene rings is 1. The van der Waals surface area contributed by atoms with E-state index in [1.807, 2.05) is 31.4 Å². The van der Waals surface area contributed by atoms with Gasteiger partial charge in [0, 0.05) is 19.9 Å². The summed E-state index contributed by atoms with van der Waals surface area (Å²) < 4.78 is 5.16. The van der Waals surface area contributed by atoms with E-state index in [-0.39, 0.29) is 18.2 Å². The SMILES string of the molecule is CNC(=O)C(CC(C)C)NC(=O)CCc1nc(-c2cccs2)no1. The fraction of sp³-hybridized carbons (Fsp3) is 0.500. The molecule has 0 aliphatic carbocycles. The summed E-state index contributed by atoms with van der Waals surface area (Å²) >= 11 is 1.52. The Labute approximate surface area is 144 Å². The first-order valence-corrected chi connectivity index (χ1v) is 8.75. The highest BCUT2D eigenvalue weighted by molar-refractivity contribution is 7.13. The summed E-state index contributed by atoms with van der Waals surface area (Å²) in [6.07, 6.45) is 1.12. The van der Waals surface area contributed by atoms with Crippen molar-refractivity contribution < 1.29 is 14.1 Å². The average Bonchev–Trinajstić information content (AvgIpc) is 3.21.